The third kappa shape index (κ3) is 4.34. The minimum atomic E-state index is -0.544. The molecule has 0 aliphatic rings. The van der Waals surface area contributed by atoms with E-state index in [9.17, 15) is 9.59 Å². The van der Waals surface area contributed by atoms with Crippen LogP contribution in [0.15, 0.2) is 36.9 Å². The largest absolute Gasteiger partial charge is 0.496 e. The standard InChI is InChI=1S/C16H22N2O3/c1-6-9-14(19)18(16(2,3)4)17-15(20)12-10-7-8-11-13(12)21-5/h6-8,10-11H,1,9H2,2-5H3,(H,17,20). The average molecular weight is 290 g/mol. The van der Waals surface area contributed by atoms with Gasteiger partial charge in [-0.25, -0.2) is 5.01 Å². The van der Waals surface area contributed by atoms with Gasteiger partial charge in [0.05, 0.1) is 18.2 Å². The highest BCUT2D eigenvalue weighted by atomic mass is 16.5. The summed E-state index contributed by atoms with van der Waals surface area (Å²) in [4.78, 5) is 24.5. The molecule has 0 radical (unpaired) electrons. The van der Waals surface area contributed by atoms with Crippen molar-refractivity contribution in [3.05, 3.63) is 42.5 Å². The van der Waals surface area contributed by atoms with Gasteiger partial charge in [-0.2, -0.15) is 0 Å². The number of hydrogen-bond acceptors (Lipinski definition) is 3. The van der Waals surface area contributed by atoms with E-state index in [1.165, 1.54) is 18.2 Å². The van der Waals surface area contributed by atoms with Gasteiger partial charge in [0, 0.05) is 6.42 Å². The number of benzene rings is 1. The minimum absolute atomic E-state index is 0.156. The number of nitrogens with zero attached hydrogens (tertiary/aromatic N) is 1. The molecule has 0 aliphatic carbocycles. The molecule has 1 aromatic rings. The van der Waals surface area contributed by atoms with Gasteiger partial charge in [0.2, 0.25) is 5.91 Å². The summed E-state index contributed by atoms with van der Waals surface area (Å²) in [5.41, 5.74) is 2.48. The summed E-state index contributed by atoms with van der Waals surface area (Å²) in [5.74, 6) is -0.152. The van der Waals surface area contributed by atoms with Gasteiger partial charge in [-0.3, -0.25) is 15.0 Å². The van der Waals surface area contributed by atoms with E-state index in [2.05, 4.69) is 12.0 Å². The van der Waals surface area contributed by atoms with Crippen LogP contribution < -0.4 is 10.2 Å². The lowest BCUT2D eigenvalue weighted by molar-refractivity contribution is -0.138. The second-order valence-corrected chi connectivity index (χ2v) is 5.53. The summed E-state index contributed by atoms with van der Waals surface area (Å²) in [6, 6.07) is 6.86. The lowest BCUT2D eigenvalue weighted by atomic mass is 10.1. The van der Waals surface area contributed by atoms with E-state index in [-0.39, 0.29) is 18.2 Å². The van der Waals surface area contributed by atoms with E-state index < -0.39 is 5.54 Å². The van der Waals surface area contributed by atoms with Crippen LogP contribution in [0.3, 0.4) is 0 Å². The summed E-state index contributed by atoms with van der Waals surface area (Å²) >= 11 is 0. The Morgan fingerprint density at radius 2 is 1.95 bits per heavy atom. The fraction of sp³-hybridized carbons (Fsp3) is 0.375. The van der Waals surface area contributed by atoms with Crippen molar-refractivity contribution in [1.82, 2.24) is 10.4 Å². The monoisotopic (exact) mass is 290 g/mol. The number of carbonyl (C=O) groups excluding carboxylic acids is 2. The Bertz CT molecular complexity index is 533. The second-order valence-electron chi connectivity index (χ2n) is 5.53. The molecule has 21 heavy (non-hydrogen) atoms. The van der Waals surface area contributed by atoms with Gasteiger partial charge in [-0.15, -0.1) is 6.58 Å². The molecule has 0 aromatic heterocycles. The molecule has 0 unspecified atom stereocenters. The zero-order chi connectivity index (χ0) is 16.0. The first-order chi connectivity index (χ1) is 9.81. The molecule has 0 spiro atoms. The maximum atomic E-state index is 12.4. The van der Waals surface area contributed by atoms with Crippen LogP contribution in [0.4, 0.5) is 0 Å². The van der Waals surface area contributed by atoms with E-state index in [4.69, 9.17) is 4.74 Å². The fourth-order valence-electron chi connectivity index (χ4n) is 1.81. The van der Waals surface area contributed by atoms with E-state index in [1.54, 1.807) is 24.3 Å². The zero-order valence-electron chi connectivity index (χ0n) is 13.0. The Balaban J connectivity index is 3.01. The molecule has 5 heteroatoms. The Morgan fingerprint density at radius 3 is 2.48 bits per heavy atom. The molecule has 0 heterocycles. The fourth-order valence-corrected chi connectivity index (χ4v) is 1.81. The predicted molar refractivity (Wildman–Crippen MR) is 81.9 cm³/mol. The SMILES string of the molecule is C=CCC(=O)N(NC(=O)c1ccccc1OC)C(C)(C)C. The summed E-state index contributed by atoms with van der Waals surface area (Å²) in [6.45, 7) is 9.08. The molecule has 0 bridgehead atoms. The van der Waals surface area contributed by atoms with Gasteiger partial charge >= 0.3 is 0 Å². The zero-order valence-corrected chi connectivity index (χ0v) is 13.0. The molecule has 0 aliphatic heterocycles. The molecule has 0 saturated heterocycles. The molecule has 0 atom stereocenters. The van der Waals surface area contributed by atoms with Crippen LogP contribution in [0.2, 0.25) is 0 Å². The van der Waals surface area contributed by atoms with Gasteiger partial charge in [0.1, 0.15) is 5.75 Å². The quantitative estimate of drug-likeness (QED) is 0.685. The van der Waals surface area contributed by atoms with Crippen LogP contribution in [0.25, 0.3) is 0 Å². The Labute approximate surface area is 125 Å². The van der Waals surface area contributed by atoms with Crippen molar-refractivity contribution in [1.29, 1.82) is 0 Å². The van der Waals surface area contributed by atoms with Gasteiger partial charge in [0.25, 0.3) is 5.91 Å². The van der Waals surface area contributed by atoms with Crippen molar-refractivity contribution in [3.63, 3.8) is 0 Å². The second kappa shape index (κ2) is 6.92. The van der Waals surface area contributed by atoms with Crippen molar-refractivity contribution in [2.24, 2.45) is 0 Å². The van der Waals surface area contributed by atoms with E-state index in [0.29, 0.717) is 11.3 Å². The van der Waals surface area contributed by atoms with Gasteiger partial charge in [-0.1, -0.05) is 18.2 Å². The number of ether oxygens (including phenoxy) is 1. The number of methoxy groups -OCH3 is 1. The highest BCUT2D eigenvalue weighted by molar-refractivity contribution is 5.98. The van der Waals surface area contributed by atoms with Gasteiger partial charge < -0.3 is 4.74 Å². The number of rotatable bonds is 4. The highest BCUT2D eigenvalue weighted by Crippen LogP contribution is 2.19. The minimum Gasteiger partial charge on any atom is -0.496 e. The first-order valence-electron chi connectivity index (χ1n) is 6.69. The third-order valence-electron chi connectivity index (χ3n) is 2.80. The van der Waals surface area contributed by atoms with Crippen LogP contribution in [0.5, 0.6) is 5.75 Å². The summed E-state index contributed by atoms with van der Waals surface area (Å²) in [5, 5.41) is 1.32. The van der Waals surface area contributed by atoms with Crippen molar-refractivity contribution < 1.29 is 14.3 Å². The molecule has 5 nitrogen and oxygen atoms in total. The maximum Gasteiger partial charge on any atom is 0.273 e. The molecule has 1 rings (SSSR count). The van der Waals surface area contributed by atoms with E-state index in [1.807, 2.05) is 20.8 Å². The first-order valence-corrected chi connectivity index (χ1v) is 6.69. The number of carbonyl (C=O) groups is 2. The van der Waals surface area contributed by atoms with Crippen LogP contribution in [0.1, 0.15) is 37.6 Å². The normalized spacial score (nSPS) is 10.7. The first kappa shape index (κ1) is 16.8. The Kier molecular flexibility index (Phi) is 5.52. The number of hydrogen-bond donors (Lipinski definition) is 1. The number of hydrazine groups is 1. The number of amides is 2. The van der Waals surface area contributed by atoms with Crippen molar-refractivity contribution in [3.8, 4) is 5.75 Å². The molecule has 2 amide bonds. The van der Waals surface area contributed by atoms with Gasteiger partial charge in [0.15, 0.2) is 0 Å². The number of nitrogens with one attached hydrogen (secondary N) is 1. The molecule has 1 N–H and O–H groups in total. The summed E-state index contributed by atoms with van der Waals surface area (Å²) in [7, 11) is 1.50. The average Bonchev–Trinajstić information content (AvgIpc) is 2.43. The summed E-state index contributed by atoms with van der Waals surface area (Å²) in [6.07, 6.45) is 1.67. The molecule has 114 valence electrons. The van der Waals surface area contributed by atoms with Gasteiger partial charge in [-0.05, 0) is 32.9 Å². The molecule has 0 fully saturated rings. The smallest absolute Gasteiger partial charge is 0.273 e. The lowest BCUT2D eigenvalue weighted by Gasteiger charge is -2.35. The Hall–Kier alpha value is -2.30. The molecule has 1 aromatic carbocycles. The van der Waals surface area contributed by atoms with E-state index in [0.717, 1.165) is 0 Å². The highest BCUT2D eigenvalue weighted by Gasteiger charge is 2.28. The van der Waals surface area contributed by atoms with Crippen LogP contribution in [-0.4, -0.2) is 29.5 Å². The maximum absolute atomic E-state index is 12.4. The third-order valence-corrected chi connectivity index (χ3v) is 2.80. The van der Waals surface area contributed by atoms with Crippen molar-refractivity contribution in [2.75, 3.05) is 7.11 Å². The van der Waals surface area contributed by atoms with Crippen LogP contribution in [-0.2, 0) is 4.79 Å². The van der Waals surface area contributed by atoms with Crippen LogP contribution >= 0.6 is 0 Å². The van der Waals surface area contributed by atoms with E-state index >= 15 is 0 Å². The van der Waals surface area contributed by atoms with Crippen LogP contribution in [0, 0.1) is 0 Å². The lowest BCUT2D eigenvalue weighted by Crippen LogP contribution is -2.55. The van der Waals surface area contributed by atoms with Crippen molar-refractivity contribution >= 4 is 11.8 Å². The van der Waals surface area contributed by atoms with Crippen molar-refractivity contribution in [2.45, 2.75) is 32.7 Å². The predicted octanol–water partition coefficient (Wildman–Crippen LogP) is 2.54. The molecule has 0 saturated carbocycles. The number of para-hydroxylation sites is 1. The summed E-state index contributed by atoms with van der Waals surface area (Å²) < 4.78 is 5.16. The Morgan fingerprint density at radius 1 is 1.33 bits per heavy atom. The topological polar surface area (TPSA) is 58.6 Å². The molecular formula is C16H22N2O3. The molecular weight excluding hydrogens is 268 g/mol.